The number of nitrogens with one attached hydrogen (secondary N) is 1. The molecule has 0 atom stereocenters. The molecule has 0 radical (unpaired) electrons. The minimum Gasteiger partial charge on any atom is -0.336 e. The molecule has 0 aliphatic carbocycles. The second kappa shape index (κ2) is 9.24. The lowest BCUT2D eigenvalue weighted by Crippen LogP contribution is -2.36. The molecule has 138 valence electrons. The molecule has 0 spiro atoms. The summed E-state index contributed by atoms with van der Waals surface area (Å²) in [6.45, 7) is 0.0357. The quantitative estimate of drug-likeness (QED) is 0.671. The van der Waals surface area contributed by atoms with Crippen molar-refractivity contribution in [1.82, 2.24) is 4.90 Å². The third kappa shape index (κ3) is 5.34. The van der Waals surface area contributed by atoms with E-state index in [2.05, 4.69) is 5.32 Å². The Morgan fingerprint density at radius 1 is 0.926 bits per heavy atom. The molecule has 2 amide bonds. The van der Waals surface area contributed by atoms with E-state index < -0.39 is 0 Å². The maximum Gasteiger partial charge on any atom is 0.244 e. The molecule has 1 N–H and O–H groups in total. The molecular weight excluding hydrogens is 356 g/mol. The highest BCUT2D eigenvalue weighted by atomic mass is 32.2. The average Bonchev–Trinajstić information content (AvgIpc) is 2.69. The number of anilines is 1. The lowest BCUT2D eigenvalue weighted by atomic mass is 10.1. The van der Waals surface area contributed by atoms with Gasteiger partial charge >= 0.3 is 0 Å². The molecule has 0 fully saturated rings. The van der Waals surface area contributed by atoms with Crippen LogP contribution in [0.15, 0.2) is 72.8 Å². The Hall–Kier alpha value is -2.79. The van der Waals surface area contributed by atoms with Crippen molar-refractivity contribution in [3.05, 3.63) is 78.4 Å². The molecule has 0 saturated heterocycles. The topological polar surface area (TPSA) is 49.4 Å². The van der Waals surface area contributed by atoms with Crippen molar-refractivity contribution in [3.8, 4) is 0 Å². The Labute approximate surface area is 163 Å². The Morgan fingerprint density at radius 3 is 2.44 bits per heavy atom. The molecule has 0 aromatic heterocycles. The number of nitrogens with zero attached hydrogens (tertiary/aromatic N) is 1. The van der Waals surface area contributed by atoms with E-state index in [0.29, 0.717) is 5.75 Å². The minimum absolute atomic E-state index is 0.0357. The average molecular weight is 378 g/mol. The van der Waals surface area contributed by atoms with Crippen LogP contribution in [0.5, 0.6) is 0 Å². The number of hydrogen-bond acceptors (Lipinski definition) is 3. The maximum atomic E-state index is 12.4. The number of benzene rings is 3. The van der Waals surface area contributed by atoms with Gasteiger partial charge in [-0.1, -0.05) is 66.7 Å². The van der Waals surface area contributed by atoms with E-state index in [4.69, 9.17) is 0 Å². The first-order valence-electron chi connectivity index (χ1n) is 8.77. The second-order valence-corrected chi connectivity index (χ2v) is 7.29. The highest BCUT2D eigenvalue weighted by molar-refractivity contribution is 7.99. The van der Waals surface area contributed by atoms with Crippen LogP contribution in [-0.4, -0.2) is 36.1 Å². The molecule has 0 heterocycles. The lowest BCUT2D eigenvalue weighted by molar-refractivity contribution is -0.131. The second-order valence-electron chi connectivity index (χ2n) is 6.30. The van der Waals surface area contributed by atoms with E-state index in [9.17, 15) is 9.59 Å². The van der Waals surface area contributed by atoms with Gasteiger partial charge in [-0.25, -0.2) is 0 Å². The van der Waals surface area contributed by atoms with Crippen molar-refractivity contribution < 1.29 is 9.59 Å². The van der Waals surface area contributed by atoms with E-state index in [-0.39, 0.29) is 18.4 Å². The summed E-state index contributed by atoms with van der Waals surface area (Å²) >= 11 is 1.55. The van der Waals surface area contributed by atoms with Gasteiger partial charge in [-0.15, -0.1) is 11.8 Å². The van der Waals surface area contributed by atoms with Crippen LogP contribution in [-0.2, 0) is 15.3 Å². The first kappa shape index (κ1) is 19.0. The third-order valence-electron chi connectivity index (χ3n) is 4.21. The van der Waals surface area contributed by atoms with Crippen LogP contribution >= 0.6 is 11.8 Å². The predicted molar refractivity (Wildman–Crippen MR) is 113 cm³/mol. The number of carbonyl (C=O) groups is 2. The van der Waals surface area contributed by atoms with Gasteiger partial charge in [0.1, 0.15) is 0 Å². The summed E-state index contributed by atoms with van der Waals surface area (Å²) in [6, 6.07) is 23.7. The molecule has 0 saturated carbocycles. The van der Waals surface area contributed by atoms with Gasteiger partial charge < -0.3 is 10.2 Å². The smallest absolute Gasteiger partial charge is 0.244 e. The molecule has 0 unspecified atom stereocenters. The number of carbonyl (C=O) groups excluding carboxylic acids is 2. The molecule has 3 rings (SSSR count). The van der Waals surface area contributed by atoms with Gasteiger partial charge in [-0.3, -0.25) is 9.59 Å². The van der Waals surface area contributed by atoms with Crippen LogP contribution in [0.2, 0.25) is 0 Å². The summed E-state index contributed by atoms with van der Waals surface area (Å²) in [4.78, 5) is 26.1. The van der Waals surface area contributed by atoms with Crippen molar-refractivity contribution in [2.24, 2.45) is 0 Å². The zero-order chi connectivity index (χ0) is 19.1. The first-order valence-corrected chi connectivity index (χ1v) is 9.92. The fourth-order valence-corrected chi connectivity index (χ4v) is 3.69. The fourth-order valence-electron chi connectivity index (χ4n) is 2.77. The van der Waals surface area contributed by atoms with E-state index in [1.165, 1.54) is 10.5 Å². The SMILES string of the molecule is CN(CC(=O)Nc1cccc2ccccc12)C(=O)CSCc1ccccc1. The van der Waals surface area contributed by atoms with Gasteiger partial charge in [0.15, 0.2) is 0 Å². The van der Waals surface area contributed by atoms with E-state index in [1.54, 1.807) is 18.8 Å². The van der Waals surface area contributed by atoms with Gasteiger partial charge in [0, 0.05) is 23.9 Å². The number of likely N-dealkylation sites (N-methyl/N-ethyl adjacent to an activating group) is 1. The van der Waals surface area contributed by atoms with Crippen molar-refractivity contribution in [2.75, 3.05) is 24.7 Å². The monoisotopic (exact) mass is 378 g/mol. The van der Waals surface area contributed by atoms with Crippen LogP contribution in [0.4, 0.5) is 5.69 Å². The van der Waals surface area contributed by atoms with Gasteiger partial charge in [0.05, 0.1) is 12.3 Å². The summed E-state index contributed by atoms with van der Waals surface area (Å²) in [7, 11) is 1.66. The predicted octanol–water partition coefficient (Wildman–Crippen LogP) is 4.17. The number of hydrogen-bond donors (Lipinski definition) is 1. The number of rotatable bonds is 7. The Morgan fingerprint density at radius 2 is 1.63 bits per heavy atom. The van der Waals surface area contributed by atoms with Gasteiger partial charge in [0.2, 0.25) is 11.8 Å². The van der Waals surface area contributed by atoms with E-state index in [0.717, 1.165) is 22.2 Å². The van der Waals surface area contributed by atoms with Crippen LogP contribution in [0.3, 0.4) is 0 Å². The summed E-state index contributed by atoms with van der Waals surface area (Å²) in [5, 5.41) is 4.97. The van der Waals surface area contributed by atoms with Gasteiger partial charge in [-0.05, 0) is 17.0 Å². The Bertz CT molecular complexity index is 923. The molecule has 0 aliphatic heterocycles. The number of thioether (sulfide) groups is 1. The van der Waals surface area contributed by atoms with Crippen LogP contribution < -0.4 is 5.32 Å². The van der Waals surface area contributed by atoms with Crippen molar-refractivity contribution in [1.29, 1.82) is 0 Å². The summed E-state index contributed by atoms with van der Waals surface area (Å²) < 4.78 is 0. The number of amides is 2. The van der Waals surface area contributed by atoms with Crippen molar-refractivity contribution in [3.63, 3.8) is 0 Å². The summed E-state index contributed by atoms with van der Waals surface area (Å²) in [5.41, 5.74) is 1.95. The molecule has 4 nitrogen and oxygen atoms in total. The molecule has 5 heteroatoms. The molecule has 3 aromatic carbocycles. The molecule has 3 aromatic rings. The Kier molecular flexibility index (Phi) is 6.49. The fraction of sp³-hybridized carbons (Fsp3) is 0.182. The normalized spacial score (nSPS) is 10.6. The lowest BCUT2D eigenvalue weighted by Gasteiger charge is -2.17. The summed E-state index contributed by atoms with van der Waals surface area (Å²) in [6.07, 6.45) is 0. The number of fused-ring (bicyclic) bond motifs is 1. The van der Waals surface area contributed by atoms with Crippen LogP contribution in [0, 0.1) is 0 Å². The highest BCUT2D eigenvalue weighted by Gasteiger charge is 2.14. The molecular formula is C22H22N2O2S. The molecule has 27 heavy (non-hydrogen) atoms. The highest BCUT2D eigenvalue weighted by Crippen LogP contribution is 2.22. The Balaban J connectivity index is 1.50. The zero-order valence-electron chi connectivity index (χ0n) is 15.2. The minimum atomic E-state index is -0.199. The third-order valence-corrected chi connectivity index (χ3v) is 5.20. The molecule has 0 aliphatic rings. The van der Waals surface area contributed by atoms with Gasteiger partial charge in [0.25, 0.3) is 0 Å². The summed E-state index contributed by atoms with van der Waals surface area (Å²) in [5.74, 6) is 0.884. The van der Waals surface area contributed by atoms with Crippen molar-refractivity contribution >= 4 is 40.0 Å². The van der Waals surface area contributed by atoms with Gasteiger partial charge in [-0.2, -0.15) is 0 Å². The largest absolute Gasteiger partial charge is 0.336 e. The van der Waals surface area contributed by atoms with Crippen LogP contribution in [0.1, 0.15) is 5.56 Å². The van der Waals surface area contributed by atoms with Crippen molar-refractivity contribution in [2.45, 2.75) is 5.75 Å². The van der Waals surface area contributed by atoms with Crippen LogP contribution in [0.25, 0.3) is 10.8 Å². The molecule has 0 bridgehead atoms. The zero-order valence-corrected chi connectivity index (χ0v) is 16.0. The standard InChI is InChI=1S/C22H22N2O2S/c1-24(22(26)16-27-15-17-8-3-2-4-9-17)14-21(25)23-20-13-7-11-18-10-5-6-12-19(18)20/h2-13H,14-16H2,1H3,(H,23,25). The first-order chi connectivity index (χ1) is 13.1. The van der Waals surface area contributed by atoms with E-state index in [1.807, 2.05) is 72.8 Å². The maximum absolute atomic E-state index is 12.4. The van der Waals surface area contributed by atoms with E-state index >= 15 is 0 Å².